The SMILES string of the molecule is COCOCc1cccc[n+]1COC. The zero-order valence-corrected chi connectivity index (χ0v) is 8.60. The number of pyridine rings is 1. The summed E-state index contributed by atoms with van der Waals surface area (Å²) >= 11 is 0. The Balaban J connectivity index is 2.55. The van der Waals surface area contributed by atoms with Crippen molar-refractivity contribution in [3.05, 3.63) is 30.1 Å². The molecule has 0 fully saturated rings. The molecule has 14 heavy (non-hydrogen) atoms. The number of aromatic nitrogens is 1. The van der Waals surface area contributed by atoms with Gasteiger partial charge in [-0.1, -0.05) is 6.07 Å². The molecular formula is C10H16NO3+. The van der Waals surface area contributed by atoms with Crippen LogP contribution in [0.5, 0.6) is 0 Å². The summed E-state index contributed by atoms with van der Waals surface area (Å²) in [5, 5.41) is 0. The van der Waals surface area contributed by atoms with Crippen molar-refractivity contribution in [1.29, 1.82) is 0 Å². The lowest BCUT2D eigenvalue weighted by Crippen LogP contribution is -2.39. The molecule has 4 nitrogen and oxygen atoms in total. The van der Waals surface area contributed by atoms with Gasteiger partial charge in [-0.3, -0.25) is 0 Å². The summed E-state index contributed by atoms with van der Waals surface area (Å²) in [5.41, 5.74) is 1.06. The lowest BCUT2D eigenvalue weighted by molar-refractivity contribution is -0.739. The Kier molecular flexibility index (Phi) is 5.14. The molecule has 0 atom stereocenters. The minimum Gasteiger partial charge on any atom is -0.359 e. The molecule has 0 unspecified atom stereocenters. The van der Waals surface area contributed by atoms with Crippen LogP contribution in [0.15, 0.2) is 24.4 Å². The van der Waals surface area contributed by atoms with Crippen LogP contribution >= 0.6 is 0 Å². The van der Waals surface area contributed by atoms with Gasteiger partial charge in [-0.25, -0.2) is 0 Å². The van der Waals surface area contributed by atoms with Crippen molar-refractivity contribution in [2.45, 2.75) is 13.3 Å². The van der Waals surface area contributed by atoms with Gasteiger partial charge >= 0.3 is 0 Å². The fraction of sp³-hybridized carbons (Fsp3) is 0.500. The van der Waals surface area contributed by atoms with Gasteiger partial charge in [0.05, 0.1) is 0 Å². The van der Waals surface area contributed by atoms with Crippen LogP contribution in [-0.4, -0.2) is 21.0 Å². The number of methoxy groups -OCH3 is 2. The monoisotopic (exact) mass is 198 g/mol. The van der Waals surface area contributed by atoms with Crippen LogP contribution in [0, 0.1) is 0 Å². The fourth-order valence-corrected chi connectivity index (χ4v) is 1.14. The molecule has 1 rings (SSSR count). The van der Waals surface area contributed by atoms with E-state index >= 15 is 0 Å². The van der Waals surface area contributed by atoms with Gasteiger partial charge in [0.25, 0.3) is 6.73 Å². The third kappa shape index (κ3) is 3.41. The second-order valence-corrected chi connectivity index (χ2v) is 2.83. The first kappa shape index (κ1) is 11.1. The molecule has 0 spiro atoms. The van der Waals surface area contributed by atoms with Crippen LogP contribution in [0.3, 0.4) is 0 Å². The van der Waals surface area contributed by atoms with E-state index in [9.17, 15) is 0 Å². The molecule has 1 aromatic heterocycles. The largest absolute Gasteiger partial charge is 0.359 e. The van der Waals surface area contributed by atoms with Gasteiger partial charge in [0.15, 0.2) is 6.20 Å². The highest BCUT2D eigenvalue weighted by Gasteiger charge is 2.07. The topological polar surface area (TPSA) is 31.6 Å². The van der Waals surface area contributed by atoms with Crippen molar-refractivity contribution in [3.63, 3.8) is 0 Å². The molecule has 0 amide bonds. The molecule has 0 aromatic carbocycles. The predicted molar refractivity (Wildman–Crippen MR) is 50.3 cm³/mol. The zero-order chi connectivity index (χ0) is 10.2. The second-order valence-electron chi connectivity index (χ2n) is 2.83. The maximum Gasteiger partial charge on any atom is 0.252 e. The van der Waals surface area contributed by atoms with Gasteiger partial charge in [-0.15, -0.1) is 0 Å². The van der Waals surface area contributed by atoms with E-state index in [0.29, 0.717) is 20.1 Å². The molecular weight excluding hydrogens is 182 g/mol. The average molecular weight is 198 g/mol. The van der Waals surface area contributed by atoms with E-state index in [-0.39, 0.29) is 0 Å². The maximum atomic E-state index is 5.26. The molecule has 0 radical (unpaired) electrons. The Bertz CT molecular complexity index is 265. The normalized spacial score (nSPS) is 10.4. The Hall–Kier alpha value is -0.970. The molecule has 0 N–H and O–H groups in total. The van der Waals surface area contributed by atoms with Gasteiger partial charge < -0.3 is 14.2 Å². The third-order valence-corrected chi connectivity index (χ3v) is 1.75. The molecule has 0 aliphatic rings. The smallest absolute Gasteiger partial charge is 0.252 e. The van der Waals surface area contributed by atoms with Crippen molar-refractivity contribution >= 4 is 0 Å². The minimum absolute atomic E-state index is 0.307. The molecule has 0 saturated carbocycles. The van der Waals surface area contributed by atoms with E-state index in [1.165, 1.54) is 0 Å². The summed E-state index contributed by atoms with van der Waals surface area (Å²) in [6.45, 7) is 1.37. The van der Waals surface area contributed by atoms with Crippen LogP contribution in [0.1, 0.15) is 5.69 Å². The summed E-state index contributed by atoms with van der Waals surface area (Å²) in [4.78, 5) is 0. The Labute approximate surface area is 84.0 Å². The van der Waals surface area contributed by atoms with Crippen LogP contribution in [-0.2, 0) is 27.5 Å². The van der Waals surface area contributed by atoms with Gasteiger partial charge in [0, 0.05) is 26.4 Å². The van der Waals surface area contributed by atoms with Crippen molar-refractivity contribution in [2.24, 2.45) is 0 Å². The van der Waals surface area contributed by atoms with Gasteiger partial charge in [-0.2, -0.15) is 4.57 Å². The maximum absolute atomic E-state index is 5.26. The molecule has 78 valence electrons. The lowest BCUT2D eigenvalue weighted by atomic mass is 10.3. The van der Waals surface area contributed by atoms with Gasteiger partial charge in [-0.05, 0) is 0 Å². The quantitative estimate of drug-likeness (QED) is 0.383. The number of hydrogen-bond donors (Lipinski definition) is 0. The molecule has 4 heteroatoms. The molecule has 0 aliphatic heterocycles. The summed E-state index contributed by atoms with van der Waals surface area (Å²) in [6.07, 6.45) is 1.95. The third-order valence-electron chi connectivity index (χ3n) is 1.75. The van der Waals surface area contributed by atoms with E-state index in [4.69, 9.17) is 14.2 Å². The molecule has 0 saturated heterocycles. The predicted octanol–water partition coefficient (Wildman–Crippen LogP) is 0.699. The van der Waals surface area contributed by atoms with E-state index in [1.54, 1.807) is 14.2 Å². The standard InChI is InChI=1S/C10H16NO3/c1-12-8-11-6-4-3-5-10(11)7-14-9-13-2/h3-6H,7-9H2,1-2H3/q+1. The van der Waals surface area contributed by atoms with E-state index in [1.807, 2.05) is 29.0 Å². The van der Waals surface area contributed by atoms with Gasteiger partial charge in [0.2, 0.25) is 5.69 Å². The van der Waals surface area contributed by atoms with Crippen LogP contribution < -0.4 is 4.57 Å². The Morgan fingerprint density at radius 3 is 2.79 bits per heavy atom. The Morgan fingerprint density at radius 1 is 1.21 bits per heavy atom. The summed E-state index contributed by atoms with van der Waals surface area (Å²) in [5.74, 6) is 0. The lowest BCUT2D eigenvalue weighted by Gasteiger charge is -2.03. The van der Waals surface area contributed by atoms with Crippen molar-refractivity contribution < 1.29 is 18.8 Å². The number of nitrogens with zero attached hydrogens (tertiary/aromatic N) is 1. The summed E-state index contributed by atoms with van der Waals surface area (Å²) < 4.78 is 17.1. The first-order chi connectivity index (χ1) is 6.88. The van der Waals surface area contributed by atoms with E-state index in [0.717, 1.165) is 5.69 Å². The summed E-state index contributed by atoms with van der Waals surface area (Å²) in [7, 11) is 3.27. The van der Waals surface area contributed by atoms with E-state index < -0.39 is 0 Å². The summed E-state index contributed by atoms with van der Waals surface area (Å²) in [6, 6.07) is 5.92. The average Bonchev–Trinajstić information content (AvgIpc) is 2.21. The molecule has 0 aliphatic carbocycles. The first-order valence-corrected chi connectivity index (χ1v) is 4.41. The fourth-order valence-electron chi connectivity index (χ4n) is 1.14. The van der Waals surface area contributed by atoms with Crippen molar-refractivity contribution in [2.75, 3.05) is 21.0 Å². The van der Waals surface area contributed by atoms with Crippen LogP contribution in [0.2, 0.25) is 0 Å². The van der Waals surface area contributed by atoms with Gasteiger partial charge in [0.1, 0.15) is 13.4 Å². The van der Waals surface area contributed by atoms with Crippen LogP contribution in [0.25, 0.3) is 0 Å². The number of rotatable bonds is 6. The van der Waals surface area contributed by atoms with Crippen molar-refractivity contribution in [3.8, 4) is 0 Å². The second kappa shape index (κ2) is 6.48. The number of ether oxygens (including phenoxy) is 3. The highest BCUT2D eigenvalue weighted by atomic mass is 16.7. The van der Waals surface area contributed by atoms with Crippen LogP contribution in [0.4, 0.5) is 0 Å². The minimum atomic E-state index is 0.307. The zero-order valence-electron chi connectivity index (χ0n) is 8.60. The molecule has 1 heterocycles. The molecule has 1 aromatic rings. The molecule has 0 bridgehead atoms. The van der Waals surface area contributed by atoms with Crippen molar-refractivity contribution in [1.82, 2.24) is 0 Å². The highest BCUT2D eigenvalue weighted by Crippen LogP contribution is 1.94. The highest BCUT2D eigenvalue weighted by molar-refractivity contribution is 4.95. The Morgan fingerprint density at radius 2 is 2.07 bits per heavy atom. The van der Waals surface area contributed by atoms with E-state index in [2.05, 4.69) is 0 Å². The first-order valence-electron chi connectivity index (χ1n) is 4.41. The number of hydrogen-bond acceptors (Lipinski definition) is 3.